The number of nitrogens with zero attached hydrogens (tertiary/aromatic N) is 2. The molecule has 0 saturated carbocycles. The van der Waals surface area contributed by atoms with Crippen LogP contribution >= 0.6 is 15.9 Å². The molecule has 1 saturated heterocycles. The van der Waals surface area contributed by atoms with E-state index < -0.39 is 10.0 Å². The van der Waals surface area contributed by atoms with E-state index in [1.807, 2.05) is 67.7 Å². The van der Waals surface area contributed by atoms with Crippen LogP contribution < -0.4 is 0 Å². The molecule has 0 bridgehead atoms. The highest BCUT2D eigenvalue weighted by molar-refractivity contribution is 9.10. The normalized spacial score (nSPS) is 19.4. The lowest BCUT2D eigenvalue weighted by molar-refractivity contribution is 0.160. The van der Waals surface area contributed by atoms with Crippen LogP contribution in [0.3, 0.4) is 0 Å². The van der Waals surface area contributed by atoms with Crippen LogP contribution in [0.1, 0.15) is 11.6 Å². The van der Waals surface area contributed by atoms with Crippen molar-refractivity contribution in [3.63, 3.8) is 0 Å². The maximum Gasteiger partial charge on any atom is 0.244 e. The third kappa shape index (κ3) is 3.43. The van der Waals surface area contributed by atoms with Crippen molar-refractivity contribution >= 4 is 36.7 Å². The molecule has 0 aliphatic carbocycles. The predicted molar refractivity (Wildman–Crippen MR) is 112 cm³/mol. The predicted octanol–water partition coefficient (Wildman–Crippen LogP) is 4.28. The zero-order valence-electron chi connectivity index (χ0n) is 15.0. The quantitative estimate of drug-likeness (QED) is 0.605. The number of benzene rings is 3. The third-order valence-electron chi connectivity index (χ3n) is 5.13. The van der Waals surface area contributed by atoms with Gasteiger partial charge >= 0.3 is 0 Å². The molecule has 27 heavy (non-hydrogen) atoms. The van der Waals surface area contributed by atoms with Crippen molar-refractivity contribution in [1.29, 1.82) is 0 Å². The fourth-order valence-electron chi connectivity index (χ4n) is 3.68. The van der Waals surface area contributed by atoms with E-state index in [9.17, 15) is 8.42 Å². The van der Waals surface area contributed by atoms with Crippen LogP contribution in [0.25, 0.3) is 10.8 Å². The Morgan fingerprint density at radius 3 is 2.41 bits per heavy atom. The van der Waals surface area contributed by atoms with Gasteiger partial charge in [0.15, 0.2) is 0 Å². The first-order valence-electron chi connectivity index (χ1n) is 8.91. The van der Waals surface area contributed by atoms with Crippen LogP contribution in [0.5, 0.6) is 0 Å². The van der Waals surface area contributed by atoms with Crippen LogP contribution in [0, 0.1) is 0 Å². The first-order valence-corrected chi connectivity index (χ1v) is 11.1. The summed E-state index contributed by atoms with van der Waals surface area (Å²) in [5.74, 6) is 0. The van der Waals surface area contributed by atoms with Gasteiger partial charge in [0.25, 0.3) is 0 Å². The number of likely N-dealkylation sites (N-methyl/N-ethyl adjacent to an activating group) is 1. The standard InChI is InChI=1S/C21H21BrN2O2S/c1-23-13-14-24(19(15-23)17-8-3-2-4-9-17)27(25,26)20-12-11-16-7-5-6-10-18(16)21(20)22/h2-12,19H,13-15H2,1H3. The number of sulfonamides is 1. The Hall–Kier alpha value is -1.73. The monoisotopic (exact) mass is 444 g/mol. The molecule has 1 unspecified atom stereocenters. The maximum atomic E-state index is 13.6. The van der Waals surface area contributed by atoms with Crippen molar-refractivity contribution in [3.8, 4) is 0 Å². The van der Waals surface area contributed by atoms with E-state index in [4.69, 9.17) is 0 Å². The summed E-state index contributed by atoms with van der Waals surface area (Å²) in [5, 5.41) is 1.92. The molecule has 1 aliphatic rings. The highest BCUT2D eigenvalue weighted by Crippen LogP contribution is 2.36. The molecule has 0 radical (unpaired) electrons. The number of fused-ring (bicyclic) bond motifs is 1. The van der Waals surface area contributed by atoms with Gasteiger partial charge in [-0.15, -0.1) is 0 Å². The summed E-state index contributed by atoms with van der Waals surface area (Å²) in [6, 6.07) is 21.1. The van der Waals surface area contributed by atoms with Crippen molar-refractivity contribution in [2.45, 2.75) is 10.9 Å². The molecule has 1 fully saturated rings. The Labute approximate surface area is 168 Å². The van der Waals surface area contributed by atoms with Gasteiger partial charge in [0.2, 0.25) is 10.0 Å². The molecule has 1 heterocycles. The summed E-state index contributed by atoms with van der Waals surface area (Å²) in [5.41, 5.74) is 1.02. The molecule has 3 aromatic rings. The molecule has 0 N–H and O–H groups in total. The van der Waals surface area contributed by atoms with Crippen LogP contribution in [-0.4, -0.2) is 44.3 Å². The second-order valence-corrected chi connectivity index (χ2v) is 9.56. The second-order valence-electron chi connectivity index (χ2n) is 6.90. The number of piperazine rings is 1. The Bertz CT molecular complexity index is 1070. The smallest absolute Gasteiger partial charge is 0.244 e. The van der Waals surface area contributed by atoms with Gasteiger partial charge in [-0.05, 0) is 45.4 Å². The summed E-state index contributed by atoms with van der Waals surface area (Å²) < 4.78 is 29.5. The van der Waals surface area contributed by atoms with Gasteiger partial charge in [0.1, 0.15) is 0 Å². The highest BCUT2D eigenvalue weighted by Gasteiger charge is 2.37. The van der Waals surface area contributed by atoms with Crippen LogP contribution in [0.15, 0.2) is 76.1 Å². The zero-order valence-corrected chi connectivity index (χ0v) is 17.4. The molecule has 4 nitrogen and oxygen atoms in total. The van der Waals surface area contributed by atoms with Gasteiger partial charge < -0.3 is 4.90 Å². The summed E-state index contributed by atoms with van der Waals surface area (Å²) in [6.45, 7) is 1.86. The summed E-state index contributed by atoms with van der Waals surface area (Å²) in [6.07, 6.45) is 0. The molecule has 140 valence electrons. The van der Waals surface area contributed by atoms with Crippen molar-refractivity contribution in [1.82, 2.24) is 9.21 Å². The summed E-state index contributed by atoms with van der Waals surface area (Å²) >= 11 is 3.56. The largest absolute Gasteiger partial charge is 0.303 e. The number of rotatable bonds is 3. The van der Waals surface area contributed by atoms with Gasteiger partial charge in [-0.1, -0.05) is 60.7 Å². The second kappa shape index (κ2) is 7.36. The molecule has 4 rings (SSSR count). The third-order valence-corrected chi connectivity index (χ3v) is 8.20. The van der Waals surface area contributed by atoms with E-state index in [1.165, 1.54) is 0 Å². The van der Waals surface area contributed by atoms with Crippen LogP contribution in [-0.2, 0) is 10.0 Å². The minimum absolute atomic E-state index is 0.201. The van der Waals surface area contributed by atoms with Crippen molar-refractivity contribution < 1.29 is 8.42 Å². The first-order chi connectivity index (χ1) is 13.0. The molecule has 3 aromatic carbocycles. The van der Waals surface area contributed by atoms with Gasteiger partial charge in [0, 0.05) is 24.1 Å². The van der Waals surface area contributed by atoms with Gasteiger partial charge in [0.05, 0.1) is 10.9 Å². The first kappa shape index (κ1) is 18.6. The van der Waals surface area contributed by atoms with E-state index in [2.05, 4.69) is 20.8 Å². The van der Waals surface area contributed by atoms with Crippen LogP contribution in [0.4, 0.5) is 0 Å². The van der Waals surface area contributed by atoms with Gasteiger partial charge in [-0.2, -0.15) is 4.31 Å². The molecular formula is C21H21BrN2O2S. The molecule has 1 atom stereocenters. The molecule has 0 spiro atoms. The van der Waals surface area contributed by atoms with Gasteiger partial charge in [-0.25, -0.2) is 8.42 Å². The SMILES string of the molecule is CN1CCN(S(=O)(=O)c2ccc3ccccc3c2Br)C(c2ccccc2)C1. The van der Waals surface area contributed by atoms with Crippen LogP contribution in [0.2, 0.25) is 0 Å². The fraction of sp³-hybridized carbons (Fsp3) is 0.238. The lowest BCUT2D eigenvalue weighted by Crippen LogP contribution is -2.49. The number of halogens is 1. The Morgan fingerprint density at radius 1 is 0.926 bits per heavy atom. The lowest BCUT2D eigenvalue weighted by atomic mass is 10.1. The van der Waals surface area contributed by atoms with E-state index in [0.29, 0.717) is 29.0 Å². The van der Waals surface area contributed by atoms with E-state index in [0.717, 1.165) is 16.3 Å². The number of hydrogen-bond donors (Lipinski definition) is 0. The molecular weight excluding hydrogens is 424 g/mol. The zero-order chi connectivity index (χ0) is 19.0. The van der Waals surface area contributed by atoms with E-state index in [-0.39, 0.29) is 6.04 Å². The molecule has 6 heteroatoms. The van der Waals surface area contributed by atoms with Crippen molar-refractivity contribution in [2.75, 3.05) is 26.7 Å². The summed E-state index contributed by atoms with van der Waals surface area (Å²) in [7, 11) is -1.61. The Balaban J connectivity index is 1.81. The molecule has 0 amide bonds. The highest BCUT2D eigenvalue weighted by atomic mass is 79.9. The van der Waals surface area contributed by atoms with Gasteiger partial charge in [-0.3, -0.25) is 0 Å². The minimum Gasteiger partial charge on any atom is -0.303 e. The number of hydrogen-bond acceptors (Lipinski definition) is 3. The van der Waals surface area contributed by atoms with E-state index >= 15 is 0 Å². The van der Waals surface area contributed by atoms with Crippen molar-refractivity contribution in [2.24, 2.45) is 0 Å². The lowest BCUT2D eigenvalue weighted by Gasteiger charge is -2.39. The minimum atomic E-state index is -3.65. The Morgan fingerprint density at radius 2 is 1.63 bits per heavy atom. The Kier molecular flexibility index (Phi) is 5.07. The maximum absolute atomic E-state index is 13.6. The average Bonchev–Trinajstić information content (AvgIpc) is 2.68. The topological polar surface area (TPSA) is 40.6 Å². The summed E-state index contributed by atoms with van der Waals surface area (Å²) in [4.78, 5) is 2.51. The van der Waals surface area contributed by atoms with Crippen molar-refractivity contribution in [3.05, 3.63) is 76.8 Å². The fourth-order valence-corrected chi connectivity index (χ4v) is 6.46. The molecule has 1 aliphatic heterocycles. The molecule has 0 aromatic heterocycles. The van der Waals surface area contributed by atoms with E-state index in [1.54, 1.807) is 10.4 Å². The average molecular weight is 445 g/mol.